The van der Waals surface area contributed by atoms with Gasteiger partial charge in [0.2, 0.25) is 0 Å². The molecule has 0 bridgehead atoms. The van der Waals surface area contributed by atoms with E-state index in [0.29, 0.717) is 11.4 Å². The van der Waals surface area contributed by atoms with Gasteiger partial charge >= 0.3 is 0 Å². The predicted octanol–water partition coefficient (Wildman–Crippen LogP) is 2.65. The van der Waals surface area contributed by atoms with E-state index in [4.69, 9.17) is 0 Å². The lowest BCUT2D eigenvalue weighted by molar-refractivity contribution is 0.102. The molecule has 2 aromatic rings. The zero-order valence-corrected chi connectivity index (χ0v) is 10.7. The van der Waals surface area contributed by atoms with Crippen LogP contribution in [0.4, 0.5) is 5.69 Å². The fourth-order valence-electron chi connectivity index (χ4n) is 1.76. The Morgan fingerprint density at radius 3 is 2.11 bits per heavy atom. The maximum Gasteiger partial charge on any atom is 0.258 e. The van der Waals surface area contributed by atoms with Crippen molar-refractivity contribution in [1.82, 2.24) is 9.97 Å². The third-order valence-corrected chi connectivity index (χ3v) is 2.52. The zero-order chi connectivity index (χ0) is 13.1. The van der Waals surface area contributed by atoms with Crippen LogP contribution in [0.25, 0.3) is 0 Å². The van der Waals surface area contributed by atoms with Crippen molar-refractivity contribution >= 4 is 11.6 Å². The number of carbonyl (C=O) groups is 1. The minimum atomic E-state index is -0.194. The molecule has 0 spiro atoms. The lowest BCUT2D eigenvalue weighted by atomic mass is 10.1. The summed E-state index contributed by atoms with van der Waals surface area (Å²) >= 11 is 0. The number of benzene rings is 1. The molecular formula is C14H15N3O. The lowest BCUT2D eigenvalue weighted by Gasteiger charge is -2.07. The quantitative estimate of drug-likeness (QED) is 0.879. The Morgan fingerprint density at radius 1 is 1.00 bits per heavy atom. The van der Waals surface area contributed by atoms with Gasteiger partial charge in [0.05, 0.1) is 5.56 Å². The zero-order valence-electron chi connectivity index (χ0n) is 10.7. The largest absolute Gasteiger partial charge is 0.322 e. The summed E-state index contributed by atoms with van der Waals surface area (Å²) in [5.41, 5.74) is 3.48. The molecule has 0 fully saturated rings. The lowest BCUT2D eigenvalue weighted by Crippen LogP contribution is -2.13. The number of hydrogen-bond acceptors (Lipinski definition) is 3. The second kappa shape index (κ2) is 4.96. The van der Waals surface area contributed by atoms with Crippen molar-refractivity contribution in [3.8, 4) is 0 Å². The molecule has 0 saturated carbocycles. The van der Waals surface area contributed by atoms with E-state index in [2.05, 4.69) is 21.4 Å². The molecule has 1 amide bonds. The van der Waals surface area contributed by atoms with Crippen LogP contribution < -0.4 is 5.32 Å². The van der Waals surface area contributed by atoms with Crippen molar-refractivity contribution in [3.05, 3.63) is 53.1 Å². The molecule has 0 aliphatic heterocycles. The second-order valence-electron chi connectivity index (χ2n) is 4.35. The first kappa shape index (κ1) is 12.2. The van der Waals surface area contributed by atoms with E-state index in [1.54, 1.807) is 6.92 Å². The highest BCUT2D eigenvalue weighted by Crippen LogP contribution is 2.14. The van der Waals surface area contributed by atoms with Gasteiger partial charge in [-0.05, 0) is 44.0 Å². The Morgan fingerprint density at radius 2 is 1.56 bits per heavy atom. The molecule has 0 unspecified atom stereocenters. The van der Waals surface area contributed by atoms with Crippen LogP contribution in [0.2, 0.25) is 0 Å². The number of amides is 1. The number of aryl methyl sites for hydroxylation is 3. The minimum absolute atomic E-state index is 0.194. The first-order valence-electron chi connectivity index (χ1n) is 5.73. The summed E-state index contributed by atoms with van der Waals surface area (Å²) in [4.78, 5) is 20.0. The molecule has 0 saturated heterocycles. The van der Waals surface area contributed by atoms with Crippen molar-refractivity contribution in [2.45, 2.75) is 20.8 Å². The van der Waals surface area contributed by atoms with E-state index < -0.39 is 0 Å². The summed E-state index contributed by atoms with van der Waals surface area (Å²) in [6.45, 7) is 5.78. The number of rotatable bonds is 2. The number of nitrogens with zero attached hydrogens (tertiary/aromatic N) is 2. The first-order chi connectivity index (χ1) is 8.54. The van der Waals surface area contributed by atoms with Gasteiger partial charge in [-0.1, -0.05) is 6.07 Å². The van der Waals surface area contributed by atoms with E-state index in [9.17, 15) is 4.79 Å². The van der Waals surface area contributed by atoms with E-state index in [-0.39, 0.29) is 5.91 Å². The first-order valence-corrected chi connectivity index (χ1v) is 5.73. The predicted molar refractivity (Wildman–Crippen MR) is 70.6 cm³/mol. The van der Waals surface area contributed by atoms with Crippen LogP contribution in [0, 0.1) is 20.8 Å². The van der Waals surface area contributed by atoms with Crippen molar-refractivity contribution in [2.24, 2.45) is 0 Å². The van der Waals surface area contributed by atoms with Gasteiger partial charge in [-0.25, -0.2) is 9.97 Å². The molecule has 0 aliphatic rings. The Hall–Kier alpha value is -2.23. The van der Waals surface area contributed by atoms with Crippen LogP contribution in [0.3, 0.4) is 0 Å². The van der Waals surface area contributed by atoms with E-state index in [1.807, 2.05) is 26.0 Å². The molecular weight excluding hydrogens is 226 g/mol. The maximum atomic E-state index is 12.0. The highest BCUT2D eigenvalue weighted by Gasteiger charge is 2.07. The average molecular weight is 241 g/mol. The highest BCUT2D eigenvalue weighted by molar-refractivity contribution is 6.03. The van der Waals surface area contributed by atoms with Crippen LogP contribution in [-0.2, 0) is 0 Å². The Bertz CT molecular complexity index is 556. The fraction of sp³-hybridized carbons (Fsp3) is 0.214. The topological polar surface area (TPSA) is 54.9 Å². The average Bonchev–Trinajstić information content (AvgIpc) is 2.28. The van der Waals surface area contributed by atoms with Gasteiger partial charge in [0, 0.05) is 18.1 Å². The van der Waals surface area contributed by atoms with Crippen molar-refractivity contribution in [3.63, 3.8) is 0 Å². The van der Waals surface area contributed by atoms with Gasteiger partial charge in [-0.15, -0.1) is 0 Å². The van der Waals surface area contributed by atoms with Crippen LogP contribution in [0.1, 0.15) is 27.3 Å². The molecule has 1 heterocycles. The summed E-state index contributed by atoms with van der Waals surface area (Å²) < 4.78 is 0. The smallest absolute Gasteiger partial charge is 0.258 e. The van der Waals surface area contributed by atoms with Crippen LogP contribution in [-0.4, -0.2) is 15.9 Å². The molecule has 92 valence electrons. The summed E-state index contributed by atoms with van der Waals surface area (Å²) in [6, 6.07) is 5.92. The highest BCUT2D eigenvalue weighted by atomic mass is 16.1. The van der Waals surface area contributed by atoms with Gasteiger partial charge in [0.15, 0.2) is 0 Å². The van der Waals surface area contributed by atoms with E-state index >= 15 is 0 Å². The van der Waals surface area contributed by atoms with Crippen LogP contribution in [0.15, 0.2) is 30.6 Å². The fourth-order valence-corrected chi connectivity index (χ4v) is 1.76. The monoisotopic (exact) mass is 241 g/mol. The minimum Gasteiger partial charge on any atom is -0.322 e. The van der Waals surface area contributed by atoms with Crippen LogP contribution >= 0.6 is 0 Å². The van der Waals surface area contributed by atoms with Gasteiger partial charge in [0.25, 0.3) is 5.91 Å². The van der Waals surface area contributed by atoms with Gasteiger partial charge < -0.3 is 5.32 Å². The summed E-state index contributed by atoms with van der Waals surface area (Å²) in [6.07, 6.45) is 3.06. The molecule has 4 nitrogen and oxygen atoms in total. The molecule has 4 heteroatoms. The standard InChI is InChI=1S/C14H15N3O/c1-9-4-10(2)6-13(5-9)17-14(18)12-7-15-11(3)16-8-12/h4-8H,1-3H3,(H,17,18). The number of hydrogen-bond donors (Lipinski definition) is 1. The van der Waals surface area contributed by atoms with Crippen LogP contribution in [0.5, 0.6) is 0 Å². The SMILES string of the molecule is Cc1cc(C)cc(NC(=O)c2cnc(C)nc2)c1. The Balaban J connectivity index is 2.18. The molecule has 18 heavy (non-hydrogen) atoms. The van der Waals surface area contributed by atoms with E-state index in [0.717, 1.165) is 16.8 Å². The maximum absolute atomic E-state index is 12.0. The Kier molecular flexibility index (Phi) is 3.37. The van der Waals surface area contributed by atoms with E-state index in [1.165, 1.54) is 12.4 Å². The molecule has 1 aromatic heterocycles. The Labute approximate surface area is 106 Å². The third-order valence-electron chi connectivity index (χ3n) is 2.52. The summed E-state index contributed by atoms with van der Waals surface area (Å²) in [7, 11) is 0. The van der Waals surface area contributed by atoms with Gasteiger partial charge in [-0.3, -0.25) is 4.79 Å². The molecule has 0 atom stereocenters. The summed E-state index contributed by atoms with van der Waals surface area (Å²) in [5.74, 6) is 0.456. The number of aromatic nitrogens is 2. The van der Waals surface area contributed by atoms with Gasteiger partial charge in [0.1, 0.15) is 5.82 Å². The number of anilines is 1. The third kappa shape index (κ3) is 2.91. The second-order valence-corrected chi connectivity index (χ2v) is 4.35. The van der Waals surface area contributed by atoms with Crippen molar-refractivity contribution in [2.75, 3.05) is 5.32 Å². The molecule has 0 aliphatic carbocycles. The summed E-state index contributed by atoms with van der Waals surface area (Å²) in [5, 5.41) is 2.84. The molecule has 2 rings (SSSR count). The molecule has 1 N–H and O–H groups in total. The molecule has 1 aromatic carbocycles. The van der Waals surface area contributed by atoms with Gasteiger partial charge in [-0.2, -0.15) is 0 Å². The van der Waals surface area contributed by atoms with Crippen molar-refractivity contribution < 1.29 is 4.79 Å². The molecule has 0 radical (unpaired) electrons. The van der Waals surface area contributed by atoms with Crippen molar-refractivity contribution in [1.29, 1.82) is 0 Å². The number of carbonyl (C=O) groups excluding carboxylic acids is 1. The normalized spacial score (nSPS) is 10.2. The number of nitrogens with one attached hydrogen (secondary N) is 1.